The average Bonchev–Trinajstić information content (AvgIpc) is 1.85. The molecule has 0 heterocycles. The summed E-state index contributed by atoms with van der Waals surface area (Å²) in [6, 6.07) is 0. The molecular formula is C7H12O5. The van der Waals surface area contributed by atoms with Crippen molar-refractivity contribution in [3.63, 3.8) is 0 Å². The van der Waals surface area contributed by atoms with Gasteiger partial charge in [0.2, 0.25) is 0 Å². The second-order valence-electron chi connectivity index (χ2n) is 2.02. The summed E-state index contributed by atoms with van der Waals surface area (Å²) in [6.07, 6.45) is -0.139. The maximum atomic E-state index is 9.81. The summed E-state index contributed by atoms with van der Waals surface area (Å²) in [5, 5.41) is 15.4. The Bertz CT molecular complexity index is 161. The molecule has 0 amide bonds. The maximum absolute atomic E-state index is 9.81. The Kier molecular flexibility index (Phi) is 8.50. The first kappa shape index (κ1) is 13.2. The summed E-state index contributed by atoms with van der Waals surface area (Å²) >= 11 is 0. The maximum Gasteiger partial charge on any atom is 0.314 e. The topological polar surface area (TPSA) is 91.7 Å². The van der Waals surface area contributed by atoms with Gasteiger partial charge in [-0.2, -0.15) is 0 Å². The van der Waals surface area contributed by atoms with Crippen molar-refractivity contribution in [2.24, 2.45) is 0 Å². The van der Waals surface area contributed by atoms with E-state index in [9.17, 15) is 14.4 Å². The van der Waals surface area contributed by atoms with Crippen molar-refractivity contribution in [2.75, 3.05) is 0 Å². The third-order valence-electron chi connectivity index (χ3n) is 0.800. The van der Waals surface area contributed by atoms with Crippen molar-refractivity contribution in [1.29, 1.82) is 0 Å². The third-order valence-corrected chi connectivity index (χ3v) is 0.800. The molecule has 0 saturated heterocycles. The summed E-state index contributed by atoms with van der Waals surface area (Å²) in [4.78, 5) is 28.7. The molecule has 12 heavy (non-hydrogen) atoms. The first-order valence-corrected chi connectivity index (χ1v) is 3.33. The molecule has 0 spiro atoms. The predicted molar refractivity (Wildman–Crippen MR) is 40.9 cm³/mol. The molecule has 5 heteroatoms. The number of carboxylic acids is 2. The summed E-state index contributed by atoms with van der Waals surface area (Å²) in [7, 11) is 0. The van der Waals surface area contributed by atoms with Crippen molar-refractivity contribution in [3.05, 3.63) is 0 Å². The van der Waals surface area contributed by atoms with Crippen LogP contribution < -0.4 is 0 Å². The number of carboxylic acid groups (broad SMARTS) is 2. The zero-order valence-electron chi connectivity index (χ0n) is 7.03. The van der Waals surface area contributed by atoms with Gasteiger partial charge in [0.1, 0.15) is 12.2 Å². The SMILES string of the molecule is CCC(C)=O.O=C(O)CC(=O)O. The van der Waals surface area contributed by atoms with Crippen molar-refractivity contribution in [2.45, 2.75) is 26.7 Å². The van der Waals surface area contributed by atoms with E-state index >= 15 is 0 Å². The minimum Gasteiger partial charge on any atom is -0.481 e. The van der Waals surface area contributed by atoms with Crippen LogP contribution in [0.5, 0.6) is 0 Å². The molecule has 0 aromatic rings. The van der Waals surface area contributed by atoms with Gasteiger partial charge in [0.25, 0.3) is 0 Å². The van der Waals surface area contributed by atoms with E-state index in [0.717, 1.165) is 0 Å². The fourth-order valence-corrected chi connectivity index (χ4v) is 0.129. The van der Waals surface area contributed by atoms with Crippen LogP contribution in [0.2, 0.25) is 0 Å². The minimum absolute atomic E-state index is 0.255. The number of hydrogen-bond donors (Lipinski definition) is 2. The van der Waals surface area contributed by atoms with Crippen LogP contribution in [0.4, 0.5) is 0 Å². The average molecular weight is 176 g/mol. The number of Topliss-reactive ketones (excluding diaryl/α,β-unsaturated/α-hetero) is 1. The summed E-state index contributed by atoms with van der Waals surface area (Å²) < 4.78 is 0. The van der Waals surface area contributed by atoms with Gasteiger partial charge in [-0.25, -0.2) is 0 Å². The second-order valence-corrected chi connectivity index (χ2v) is 2.02. The van der Waals surface area contributed by atoms with Crippen molar-refractivity contribution >= 4 is 17.7 Å². The van der Waals surface area contributed by atoms with Gasteiger partial charge in [0.05, 0.1) is 0 Å². The number of carbonyl (C=O) groups excluding carboxylic acids is 1. The Morgan fingerprint density at radius 3 is 1.33 bits per heavy atom. The first-order chi connectivity index (χ1) is 5.40. The predicted octanol–water partition coefficient (Wildman–Crippen LogP) is 0.531. The lowest BCUT2D eigenvalue weighted by Crippen LogP contribution is -2.03. The Hall–Kier alpha value is -1.39. The van der Waals surface area contributed by atoms with E-state index in [1.54, 1.807) is 6.92 Å². The van der Waals surface area contributed by atoms with E-state index < -0.39 is 18.4 Å². The van der Waals surface area contributed by atoms with Crippen LogP contribution in [0.15, 0.2) is 0 Å². The molecule has 5 nitrogen and oxygen atoms in total. The quantitative estimate of drug-likeness (QED) is 0.612. The molecule has 0 rings (SSSR count). The lowest BCUT2D eigenvalue weighted by atomic mass is 10.4. The second kappa shape index (κ2) is 7.71. The smallest absolute Gasteiger partial charge is 0.314 e. The van der Waals surface area contributed by atoms with Crippen LogP contribution in [-0.4, -0.2) is 27.9 Å². The Morgan fingerprint density at radius 1 is 1.08 bits per heavy atom. The summed E-state index contributed by atoms with van der Waals surface area (Å²) in [5.74, 6) is -2.37. The molecule has 0 bridgehead atoms. The molecule has 0 atom stereocenters. The van der Waals surface area contributed by atoms with Gasteiger partial charge in [-0.3, -0.25) is 9.59 Å². The van der Waals surface area contributed by atoms with Gasteiger partial charge in [-0.05, 0) is 6.92 Å². The standard InChI is InChI=1S/C4H8O.C3H4O4/c1-3-4(2)5;4-2(5)1-3(6)7/h3H2,1-2H3;1H2,(H,4,5)(H,6,7). The zero-order chi connectivity index (χ0) is 10.1. The summed E-state index contributed by atoms with van der Waals surface area (Å²) in [5.41, 5.74) is 0. The lowest BCUT2D eigenvalue weighted by Gasteiger charge is -1.80. The van der Waals surface area contributed by atoms with Gasteiger partial charge in [-0.15, -0.1) is 0 Å². The number of hydrogen-bond acceptors (Lipinski definition) is 3. The highest BCUT2D eigenvalue weighted by molar-refractivity contribution is 5.88. The van der Waals surface area contributed by atoms with Crippen LogP contribution in [0, 0.1) is 0 Å². The monoisotopic (exact) mass is 176 g/mol. The Labute approximate surface area is 70.0 Å². The van der Waals surface area contributed by atoms with Gasteiger partial charge >= 0.3 is 11.9 Å². The van der Waals surface area contributed by atoms with Gasteiger partial charge in [0.15, 0.2) is 0 Å². The number of aliphatic carboxylic acids is 2. The molecule has 0 saturated carbocycles. The van der Waals surface area contributed by atoms with E-state index in [2.05, 4.69) is 0 Å². The summed E-state index contributed by atoms with van der Waals surface area (Å²) in [6.45, 7) is 3.43. The van der Waals surface area contributed by atoms with E-state index in [0.29, 0.717) is 6.42 Å². The van der Waals surface area contributed by atoms with Crippen LogP contribution in [0.3, 0.4) is 0 Å². The Morgan fingerprint density at radius 2 is 1.33 bits per heavy atom. The minimum atomic E-state index is -1.31. The van der Waals surface area contributed by atoms with Crippen molar-refractivity contribution in [3.8, 4) is 0 Å². The van der Waals surface area contributed by atoms with Crippen molar-refractivity contribution in [1.82, 2.24) is 0 Å². The lowest BCUT2D eigenvalue weighted by molar-refractivity contribution is -0.147. The molecule has 0 unspecified atom stereocenters. The van der Waals surface area contributed by atoms with Gasteiger partial charge in [0, 0.05) is 6.42 Å². The van der Waals surface area contributed by atoms with E-state index in [1.807, 2.05) is 6.92 Å². The third kappa shape index (κ3) is 23.5. The zero-order valence-corrected chi connectivity index (χ0v) is 7.03. The molecule has 0 aliphatic heterocycles. The molecule has 0 aromatic carbocycles. The Balaban J connectivity index is 0. The van der Waals surface area contributed by atoms with Gasteiger partial charge in [-0.1, -0.05) is 6.92 Å². The van der Waals surface area contributed by atoms with E-state index in [1.165, 1.54) is 0 Å². The highest BCUT2D eigenvalue weighted by Gasteiger charge is 2.01. The van der Waals surface area contributed by atoms with E-state index in [4.69, 9.17) is 10.2 Å². The van der Waals surface area contributed by atoms with Crippen LogP contribution in [0.1, 0.15) is 26.7 Å². The number of ketones is 1. The molecule has 0 radical (unpaired) electrons. The van der Waals surface area contributed by atoms with Gasteiger partial charge < -0.3 is 15.0 Å². The van der Waals surface area contributed by atoms with Crippen LogP contribution in [0.25, 0.3) is 0 Å². The molecule has 0 aliphatic rings. The van der Waals surface area contributed by atoms with Crippen molar-refractivity contribution < 1.29 is 24.6 Å². The molecule has 2 N–H and O–H groups in total. The van der Waals surface area contributed by atoms with Crippen LogP contribution in [-0.2, 0) is 14.4 Å². The van der Waals surface area contributed by atoms with E-state index in [-0.39, 0.29) is 5.78 Å². The largest absolute Gasteiger partial charge is 0.481 e. The molecule has 0 aliphatic carbocycles. The first-order valence-electron chi connectivity index (χ1n) is 3.33. The molecule has 0 aromatic heterocycles. The molecule has 70 valence electrons. The number of rotatable bonds is 3. The molecular weight excluding hydrogens is 164 g/mol. The highest BCUT2D eigenvalue weighted by Crippen LogP contribution is 1.74. The molecule has 0 fully saturated rings. The normalized spacial score (nSPS) is 7.83. The fourth-order valence-electron chi connectivity index (χ4n) is 0.129. The van der Waals surface area contributed by atoms with Crippen LogP contribution >= 0.6 is 0 Å². The highest BCUT2D eigenvalue weighted by atomic mass is 16.4. The number of carbonyl (C=O) groups is 3. The fraction of sp³-hybridized carbons (Fsp3) is 0.571.